The summed E-state index contributed by atoms with van der Waals surface area (Å²) in [5, 5.41) is -0.601. The van der Waals surface area contributed by atoms with Gasteiger partial charge in [0.05, 0.1) is 21.8 Å². The van der Waals surface area contributed by atoms with Gasteiger partial charge in [-0.25, -0.2) is 14.4 Å². The highest BCUT2D eigenvalue weighted by Crippen LogP contribution is 2.39. The Morgan fingerprint density at radius 1 is 1.14 bits per heavy atom. The summed E-state index contributed by atoms with van der Waals surface area (Å²) in [4.78, 5) is 21.4. The molecule has 0 saturated carbocycles. The van der Waals surface area contributed by atoms with Gasteiger partial charge in [-0.3, -0.25) is 4.79 Å². The van der Waals surface area contributed by atoms with Gasteiger partial charge in [0, 0.05) is 23.9 Å². The van der Waals surface area contributed by atoms with Crippen LogP contribution in [0.3, 0.4) is 0 Å². The average Bonchev–Trinajstić information content (AvgIpc) is 2.62. The van der Waals surface area contributed by atoms with Gasteiger partial charge < -0.3 is 9.72 Å². The molecule has 3 rings (SSSR count). The van der Waals surface area contributed by atoms with E-state index in [2.05, 4.69) is 14.7 Å². The van der Waals surface area contributed by atoms with E-state index in [1.54, 1.807) is 0 Å². The first-order chi connectivity index (χ1) is 13.6. The number of nitrogens with one attached hydrogen (secondary N) is 1. The molecule has 0 amide bonds. The number of pyridine rings is 1. The van der Waals surface area contributed by atoms with E-state index in [1.807, 2.05) is 4.98 Å². The number of aromatic amines is 1. The summed E-state index contributed by atoms with van der Waals surface area (Å²) in [6, 6.07) is 4.46. The van der Waals surface area contributed by atoms with Crippen LogP contribution in [0.2, 0.25) is 5.02 Å². The second kappa shape index (κ2) is 7.74. The van der Waals surface area contributed by atoms with Gasteiger partial charge in [-0.2, -0.15) is 22.0 Å². The van der Waals surface area contributed by atoms with Gasteiger partial charge in [0.15, 0.2) is 5.82 Å². The predicted molar refractivity (Wildman–Crippen MR) is 90.1 cm³/mol. The molecule has 29 heavy (non-hydrogen) atoms. The Bertz CT molecular complexity index is 1100. The van der Waals surface area contributed by atoms with Crippen LogP contribution in [0.25, 0.3) is 22.6 Å². The van der Waals surface area contributed by atoms with Crippen LogP contribution in [-0.2, 0) is 6.18 Å². The van der Waals surface area contributed by atoms with E-state index in [1.165, 1.54) is 6.07 Å². The van der Waals surface area contributed by atoms with Crippen LogP contribution >= 0.6 is 11.6 Å². The molecule has 0 saturated heterocycles. The second-order valence-corrected chi connectivity index (χ2v) is 5.93. The van der Waals surface area contributed by atoms with Crippen molar-refractivity contribution in [2.45, 2.75) is 12.8 Å². The number of ether oxygens (including phenoxy) is 1. The highest BCUT2D eigenvalue weighted by atomic mass is 35.5. The molecule has 5 nitrogen and oxygen atoms in total. The summed E-state index contributed by atoms with van der Waals surface area (Å²) < 4.78 is 82.8. The maximum Gasteiger partial charge on any atom is 0.417 e. The number of halogens is 7. The lowest BCUT2D eigenvalue weighted by molar-refractivity contribution is -0.137. The predicted octanol–water partition coefficient (Wildman–Crippen LogP) is 4.91. The van der Waals surface area contributed by atoms with Gasteiger partial charge in [0.1, 0.15) is 5.82 Å². The van der Waals surface area contributed by atoms with Gasteiger partial charge in [0.2, 0.25) is 5.88 Å². The smallest absolute Gasteiger partial charge is 0.417 e. The molecule has 0 atom stereocenters. The monoisotopic (exact) mass is 435 g/mol. The molecule has 0 aliphatic carbocycles. The van der Waals surface area contributed by atoms with E-state index in [4.69, 9.17) is 11.6 Å². The standard InChI is InChI=1S/C17H8ClF6N3O2/c18-9-3-2-8(17(22,23)24)13(14(9)19)15-26-10(5-11(28)27-15)7-1-4-12(25-6-7)29-16(20)21/h1-6,16H,(H,26,27,28). The number of H-pyrrole nitrogens is 1. The molecule has 1 aromatic carbocycles. The second-order valence-electron chi connectivity index (χ2n) is 5.52. The van der Waals surface area contributed by atoms with Crippen molar-refractivity contribution in [2.24, 2.45) is 0 Å². The van der Waals surface area contributed by atoms with Crippen LogP contribution < -0.4 is 10.3 Å². The van der Waals surface area contributed by atoms with E-state index in [0.717, 1.165) is 24.4 Å². The van der Waals surface area contributed by atoms with Crippen molar-refractivity contribution < 1.29 is 31.1 Å². The third kappa shape index (κ3) is 4.50. The molecule has 12 heteroatoms. The Kier molecular flexibility index (Phi) is 5.51. The van der Waals surface area contributed by atoms with Crippen molar-refractivity contribution >= 4 is 11.6 Å². The summed E-state index contributed by atoms with van der Waals surface area (Å²) in [5.41, 5.74) is -3.39. The first-order valence-electron chi connectivity index (χ1n) is 7.64. The maximum atomic E-state index is 14.4. The molecular formula is C17H8ClF6N3O2. The Morgan fingerprint density at radius 3 is 2.45 bits per heavy atom. The fourth-order valence-electron chi connectivity index (χ4n) is 2.44. The van der Waals surface area contributed by atoms with E-state index in [9.17, 15) is 31.1 Å². The Hall–Kier alpha value is -3.08. The van der Waals surface area contributed by atoms with Crippen molar-refractivity contribution in [2.75, 3.05) is 0 Å². The molecule has 0 radical (unpaired) electrons. The van der Waals surface area contributed by atoms with Crippen LogP contribution in [0.1, 0.15) is 5.56 Å². The number of rotatable bonds is 4. The third-order valence-electron chi connectivity index (χ3n) is 3.62. The van der Waals surface area contributed by atoms with Gasteiger partial charge in [0.25, 0.3) is 5.56 Å². The molecule has 0 aliphatic rings. The molecular weight excluding hydrogens is 428 g/mol. The SMILES string of the molecule is O=c1cc(-c2ccc(OC(F)F)nc2)nc(-c2c(C(F)(F)F)ccc(Cl)c2F)[nH]1. The number of benzene rings is 1. The average molecular weight is 436 g/mol. The third-order valence-corrected chi connectivity index (χ3v) is 3.91. The van der Waals surface area contributed by atoms with Crippen LogP contribution in [0.5, 0.6) is 5.88 Å². The number of nitrogens with zero attached hydrogens (tertiary/aromatic N) is 2. The van der Waals surface area contributed by atoms with Crippen LogP contribution in [0.4, 0.5) is 26.3 Å². The Balaban J connectivity index is 2.14. The van der Waals surface area contributed by atoms with Crippen LogP contribution in [0, 0.1) is 5.82 Å². The summed E-state index contributed by atoms with van der Waals surface area (Å²) >= 11 is 5.59. The van der Waals surface area contributed by atoms with Crippen molar-refractivity contribution in [3.8, 4) is 28.5 Å². The lowest BCUT2D eigenvalue weighted by Crippen LogP contribution is -2.14. The molecule has 2 aromatic heterocycles. The van der Waals surface area contributed by atoms with Gasteiger partial charge in [-0.05, 0) is 18.2 Å². The van der Waals surface area contributed by atoms with Gasteiger partial charge >= 0.3 is 12.8 Å². The fraction of sp³-hybridized carbons (Fsp3) is 0.118. The summed E-state index contributed by atoms with van der Waals surface area (Å²) in [5.74, 6) is -2.55. The zero-order valence-corrected chi connectivity index (χ0v) is 14.7. The number of alkyl halides is 5. The topological polar surface area (TPSA) is 67.9 Å². The molecule has 0 spiro atoms. The zero-order valence-electron chi connectivity index (χ0n) is 13.9. The summed E-state index contributed by atoms with van der Waals surface area (Å²) in [6.45, 7) is -3.11. The number of aromatic nitrogens is 3. The van der Waals surface area contributed by atoms with Crippen molar-refractivity contribution in [3.05, 3.63) is 63.3 Å². The lowest BCUT2D eigenvalue weighted by atomic mass is 10.0. The van der Waals surface area contributed by atoms with E-state index < -0.39 is 52.0 Å². The minimum Gasteiger partial charge on any atom is -0.417 e. The van der Waals surface area contributed by atoms with E-state index in [0.29, 0.717) is 6.07 Å². The first kappa shape index (κ1) is 20.6. The molecule has 2 heterocycles. The van der Waals surface area contributed by atoms with Gasteiger partial charge in [-0.1, -0.05) is 11.6 Å². The van der Waals surface area contributed by atoms with E-state index >= 15 is 0 Å². The highest BCUT2D eigenvalue weighted by molar-refractivity contribution is 6.31. The number of hydrogen-bond acceptors (Lipinski definition) is 4. The quantitative estimate of drug-likeness (QED) is 0.591. The maximum absolute atomic E-state index is 14.4. The largest absolute Gasteiger partial charge is 0.417 e. The Labute approximate surface area is 163 Å². The van der Waals surface area contributed by atoms with Crippen molar-refractivity contribution in [1.29, 1.82) is 0 Å². The molecule has 152 valence electrons. The lowest BCUT2D eigenvalue weighted by Gasteiger charge is -2.14. The Morgan fingerprint density at radius 2 is 1.86 bits per heavy atom. The van der Waals surface area contributed by atoms with Crippen molar-refractivity contribution in [3.63, 3.8) is 0 Å². The first-order valence-corrected chi connectivity index (χ1v) is 8.02. The van der Waals surface area contributed by atoms with E-state index in [-0.39, 0.29) is 11.3 Å². The minimum absolute atomic E-state index is 0.0926. The highest BCUT2D eigenvalue weighted by Gasteiger charge is 2.36. The molecule has 1 N–H and O–H groups in total. The molecule has 0 fully saturated rings. The van der Waals surface area contributed by atoms with Gasteiger partial charge in [-0.15, -0.1) is 0 Å². The molecule has 3 aromatic rings. The fourth-order valence-corrected chi connectivity index (χ4v) is 2.59. The number of hydrogen-bond donors (Lipinski definition) is 1. The summed E-state index contributed by atoms with van der Waals surface area (Å²) in [6.07, 6.45) is -3.94. The minimum atomic E-state index is -4.95. The molecule has 0 bridgehead atoms. The van der Waals surface area contributed by atoms with Crippen LogP contribution in [-0.4, -0.2) is 21.6 Å². The molecule has 0 aliphatic heterocycles. The molecule has 0 unspecified atom stereocenters. The van der Waals surface area contributed by atoms with Crippen molar-refractivity contribution in [1.82, 2.24) is 15.0 Å². The normalized spacial score (nSPS) is 11.7. The van der Waals surface area contributed by atoms with Crippen LogP contribution in [0.15, 0.2) is 41.3 Å². The summed E-state index contributed by atoms with van der Waals surface area (Å²) in [7, 11) is 0. The zero-order chi connectivity index (χ0) is 21.3.